The number of benzene rings is 1. The summed E-state index contributed by atoms with van der Waals surface area (Å²) in [5, 5.41) is 5.20. The summed E-state index contributed by atoms with van der Waals surface area (Å²) in [4.78, 5) is 11.8. The molecular weight excluding hydrogens is 228 g/mol. The van der Waals surface area contributed by atoms with Crippen molar-refractivity contribution in [1.82, 2.24) is 5.01 Å². The first-order valence-electron chi connectivity index (χ1n) is 5.69. The molecule has 0 N–H and O–H groups in total. The number of para-hydroxylation sites is 1. The molecule has 1 aromatic rings. The highest BCUT2D eigenvalue weighted by Crippen LogP contribution is 2.14. The van der Waals surface area contributed by atoms with Crippen molar-refractivity contribution in [1.29, 1.82) is 0 Å². The van der Waals surface area contributed by atoms with Gasteiger partial charge in [0.1, 0.15) is 5.75 Å². The van der Waals surface area contributed by atoms with Crippen LogP contribution in [0.25, 0.3) is 0 Å². The molecule has 1 heterocycles. The number of allylic oxidation sites excluding steroid dienone is 2. The van der Waals surface area contributed by atoms with Crippen molar-refractivity contribution in [3.8, 4) is 5.75 Å². The Hall–Kier alpha value is -2.36. The first kappa shape index (κ1) is 12.1. The SMILES string of the molecule is C=CCC1C=CN(C(=O)Oc2ccccc2)N=C1. The molecule has 2 rings (SSSR count). The first-order chi connectivity index (χ1) is 8.79. The number of rotatable bonds is 3. The number of carbonyl (C=O) groups excluding carboxylic acids is 1. The molecule has 0 saturated carbocycles. The quantitative estimate of drug-likeness (QED) is 0.764. The molecule has 4 heteroatoms. The summed E-state index contributed by atoms with van der Waals surface area (Å²) in [6, 6.07) is 8.90. The fraction of sp³-hybridized carbons (Fsp3) is 0.143. The molecule has 1 atom stereocenters. The van der Waals surface area contributed by atoms with Gasteiger partial charge in [0.05, 0.1) is 0 Å². The summed E-state index contributed by atoms with van der Waals surface area (Å²) in [6.45, 7) is 3.66. The Morgan fingerprint density at radius 2 is 2.22 bits per heavy atom. The van der Waals surface area contributed by atoms with Gasteiger partial charge in [-0.15, -0.1) is 6.58 Å². The molecule has 18 heavy (non-hydrogen) atoms. The molecule has 92 valence electrons. The molecule has 1 aliphatic heterocycles. The van der Waals surface area contributed by atoms with E-state index in [0.717, 1.165) is 6.42 Å². The summed E-state index contributed by atoms with van der Waals surface area (Å²) in [5.74, 6) is 0.697. The van der Waals surface area contributed by atoms with Gasteiger partial charge in [0.25, 0.3) is 0 Å². The maximum atomic E-state index is 11.8. The van der Waals surface area contributed by atoms with Crippen LogP contribution in [-0.4, -0.2) is 17.3 Å². The van der Waals surface area contributed by atoms with Crippen LogP contribution >= 0.6 is 0 Å². The van der Waals surface area contributed by atoms with E-state index >= 15 is 0 Å². The second kappa shape index (κ2) is 5.82. The van der Waals surface area contributed by atoms with Crippen LogP contribution in [0.3, 0.4) is 0 Å². The lowest BCUT2D eigenvalue weighted by molar-refractivity contribution is 0.170. The van der Waals surface area contributed by atoms with Crippen LogP contribution in [0.1, 0.15) is 6.42 Å². The zero-order chi connectivity index (χ0) is 12.8. The molecule has 0 spiro atoms. The van der Waals surface area contributed by atoms with Crippen molar-refractivity contribution in [3.63, 3.8) is 0 Å². The van der Waals surface area contributed by atoms with Crippen LogP contribution < -0.4 is 4.74 Å². The third-order valence-corrected chi connectivity index (χ3v) is 2.43. The van der Waals surface area contributed by atoms with Crippen molar-refractivity contribution in [3.05, 3.63) is 55.3 Å². The molecule has 0 fully saturated rings. The Bertz CT molecular complexity index is 466. The largest absolute Gasteiger partial charge is 0.440 e. The third-order valence-electron chi connectivity index (χ3n) is 2.43. The van der Waals surface area contributed by atoms with E-state index in [9.17, 15) is 4.79 Å². The Morgan fingerprint density at radius 1 is 1.44 bits per heavy atom. The lowest BCUT2D eigenvalue weighted by Crippen LogP contribution is -2.26. The zero-order valence-corrected chi connectivity index (χ0v) is 9.90. The molecule has 0 aromatic heterocycles. The fourth-order valence-corrected chi connectivity index (χ4v) is 1.51. The van der Waals surface area contributed by atoms with E-state index in [4.69, 9.17) is 4.74 Å². The lowest BCUT2D eigenvalue weighted by atomic mass is 10.1. The van der Waals surface area contributed by atoms with E-state index in [1.807, 2.05) is 18.2 Å². The molecule has 0 bridgehead atoms. The fourth-order valence-electron chi connectivity index (χ4n) is 1.51. The van der Waals surface area contributed by atoms with Crippen LogP contribution in [0.4, 0.5) is 4.79 Å². The smallest absolute Gasteiger partial charge is 0.409 e. The summed E-state index contributed by atoms with van der Waals surface area (Å²) in [7, 11) is 0. The van der Waals surface area contributed by atoms with Crippen molar-refractivity contribution in [2.24, 2.45) is 11.0 Å². The van der Waals surface area contributed by atoms with Gasteiger partial charge in [-0.25, -0.2) is 4.79 Å². The summed E-state index contributed by atoms with van der Waals surface area (Å²) >= 11 is 0. The van der Waals surface area contributed by atoms with Gasteiger partial charge >= 0.3 is 6.09 Å². The van der Waals surface area contributed by atoms with Gasteiger partial charge < -0.3 is 4.74 Å². The van der Waals surface area contributed by atoms with Gasteiger partial charge in [0, 0.05) is 18.3 Å². The van der Waals surface area contributed by atoms with E-state index < -0.39 is 6.09 Å². The standard InChI is InChI=1S/C14H14N2O2/c1-2-6-12-9-10-16(15-11-12)14(17)18-13-7-4-3-5-8-13/h2-5,7-12H,1,6H2. The van der Waals surface area contributed by atoms with E-state index in [1.54, 1.807) is 36.7 Å². The molecule has 0 aliphatic carbocycles. The number of hydrogen-bond donors (Lipinski definition) is 0. The van der Waals surface area contributed by atoms with Gasteiger partial charge in [-0.1, -0.05) is 30.4 Å². The highest BCUT2D eigenvalue weighted by molar-refractivity contribution is 5.75. The minimum atomic E-state index is -0.522. The lowest BCUT2D eigenvalue weighted by Gasteiger charge is -2.17. The van der Waals surface area contributed by atoms with Gasteiger partial charge in [0.2, 0.25) is 0 Å². The van der Waals surface area contributed by atoms with Gasteiger partial charge in [-0.05, 0) is 18.6 Å². The van der Waals surface area contributed by atoms with E-state index in [-0.39, 0.29) is 5.92 Å². The van der Waals surface area contributed by atoms with Gasteiger partial charge in [-0.3, -0.25) is 0 Å². The number of amides is 1. The maximum Gasteiger partial charge on any atom is 0.440 e. The van der Waals surface area contributed by atoms with Crippen LogP contribution in [0.15, 0.2) is 60.4 Å². The predicted octanol–water partition coefficient (Wildman–Crippen LogP) is 3.19. The number of hydrazone groups is 1. The van der Waals surface area contributed by atoms with E-state index in [0.29, 0.717) is 5.75 Å². The molecular formula is C14H14N2O2. The topological polar surface area (TPSA) is 41.9 Å². The zero-order valence-electron chi connectivity index (χ0n) is 9.90. The summed E-state index contributed by atoms with van der Waals surface area (Å²) < 4.78 is 5.15. The van der Waals surface area contributed by atoms with Gasteiger partial charge in [-0.2, -0.15) is 10.1 Å². The van der Waals surface area contributed by atoms with Crippen molar-refractivity contribution < 1.29 is 9.53 Å². The minimum absolute atomic E-state index is 0.197. The Balaban J connectivity index is 1.94. The Kier molecular flexibility index (Phi) is 3.91. The number of nitrogens with zero attached hydrogens (tertiary/aromatic N) is 2. The summed E-state index contributed by atoms with van der Waals surface area (Å²) in [6.07, 6.45) is 7.31. The van der Waals surface area contributed by atoms with Crippen molar-refractivity contribution in [2.45, 2.75) is 6.42 Å². The molecule has 4 nitrogen and oxygen atoms in total. The number of ether oxygens (including phenoxy) is 1. The molecule has 1 aromatic carbocycles. The second-order valence-electron chi connectivity index (χ2n) is 3.82. The average molecular weight is 242 g/mol. The van der Waals surface area contributed by atoms with E-state index in [1.165, 1.54) is 5.01 Å². The first-order valence-corrected chi connectivity index (χ1v) is 5.69. The second-order valence-corrected chi connectivity index (χ2v) is 3.82. The minimum Gasteiger partial charge on any atom is -0.409 e. The average Bonchev–Trinajstić information content (AvgIpc) is 2.41. The molecule has 1 aliphatic rings. The predicted molar refractivity (Wildman–Crippen MR) is 70.2 cm³/mol. The monoisotopic (exact) mass is 242 g/mol. The highest BCUT2D eigenvalue weighted by atomic mass is 16.6. The Labute approximate surface area is 106 Å². The molecule has 1 unspecified atom stereocenters. The number of hydrogen-bond acceptors (Lipinski definition) is 3. The van der Waals surface area contributed by atoms with Crippen LogP contribution in [0, 0.1) is 5.92 Å². The third kappa shape index (κ3) is 3.07. The summed E-state index contributed by atoms with van der Waals surface area (Å²) in [5.41, 5.74) is 0. The Morgan fingerprint density at radius 3 is 2.83 bits per heavy atom. The van der Waals surface area contributed by atoms with Crippen LogP contribution in [0.2, 0.25) is 0 Å². The van der Waals surface area contributed by atoms with Crippen molar-refractivity contribution >= 4 is 12.3 Å². The molecule has 1 amide bonds. The number of carbonyl (C=O) groups is 1. The molecule has 0 saturated heterocycles. The van der Waals surface area contributed by atoms with Crippen molar-refractivity contribution in [2.75, 3.05) is 0 Å². The maximum absolute atomic E-state index is 11.8. The molecule has 0 radical (unpaired) electrons. The van der Waals surface area contributed by atoms with Crippen LogP contribution in [-0.2, 0) is 0 Å². The van der Waals surface area contributed by atoms with Gasteiger partial charge in [0.15, 0.2) is 0 Å². The van der Waals surface area contributed by atoms with Crippen LogP contribution in [0.5, 0.6) is 5.75 Å². The van der Waals surface area contributed by atoms with E-state index in [2.05, 4.69) is 11.7 Å². The highest BCUT2D eigenvalue weighted by Gasteiger charge is 2.15. The normalized spacial score (nSPS) is 17.6.